The Morgan fingerprint density at radius 3 is 1.90 bits per heavy atom. The number of aryl methyl sites for hydroxylation is 2. The molecule has 2 heterocycles. The highest BCUT2D eigenvalue weighted by molar-refractivity contribution is 5.89. The molecular formula is C30H36N4O5. The smallest absolute Gasteiger partial charge is 0.408 e. The molecule has 2 atom stereocenters. The molecule has 0 radical (unpaired) electrons. The summed E-state index contributed by atoms with van der Waals surface area (Å²) in [4.78, 5) is 38.2. The summed E-state index contributed by atoms with van der Waals surface area (Å²) in [5, 5.41) is 17.4. The van der Waals surface area contributed by atoms with Gasteiger partial charge in [0, 0.05) is 61.3 Å². The number of nitrogens with zero attached hydrogens (tertiary/aromatic N) is 2. The number of aliphatic carboxylic acids is 1. The minimum atomic E-state index is -1.01. The number of benzene rings is 2. The number of carbonyl (C=O) groups excluding carboxylic acids is 2. The van der Waals surface area contributed by atoms with Gasteiger partial charge in [0.2, 0.25) is 5.91 Å². The summed E-state index contributed by atoms with van der Waals surface area (Å²) in [6.07, 6.45) is 3.61. The van der Waals surface area contributed by atoms with Crippen molar-refractivity contribution in [2.24, 2.45) is 20.0 Å². The van der Waals surface area contributed by atoms with Gasteiger partial charge in [-0.25, -0.2) is 4.79 Å². The van der Waals surface area contributed by atoms with E-state index in [9.17, 15) is 19.5 Å². The first-order valence-electron chi connectivity index (χ1n) is 13.0. The molecule has 0 aliphatic heterocycles. The van der Waals surface area contributed by atoms with Crippen molar-refractivity contribution in [2.45, 2.75) is 45.3 Å². The van der Waals surface area contributed by atoms with E-state index < -0.39 is 35.5 Å². The molecule has 9 heteroatoms. The van der Waals surface area contributed by atoms with E-state index in [2.05, 4.69) is 10.6 Å². The van der Waals surface area contributed by atoms with Crippen LogP contribution in [0.25, 0.3) is 21.8 Å². The molecule has 2 aromatic heterocycles. The van der Waals surface area contributed by atoms with Crippen LogP contribution in [-0.2, 0) is 41.3 Å². The van der Waals surface area contributed by atoms with Crippen LogP contribution in [0.3, 0.4) is 0 Å². The Morgan fingerprint density at radius 1 is 0.872 bits per heavy atom. The van der Waals surface area contributed by atoms with E-state index in [1.807, 2.05) is 84.2 Å². The molecule has 2 amide bonds. The molecule has 0 aliphatic carbocycles. The third kappa shape index (κ3) is 6.60. The Kier molecular flexibility index (Phi) is 7.99. The van der Waals surface area contributed by atoms with Crippen molar-refractivity contribution in [3.05, 3.63) is 72.1 Å². The van der Waals surface area contributed by atoms with Crippen LogP contribution in [-0.4, -0.2) is 50.4 Å². The standard InChI is InChI=1S/C30H36N4O5/c1-30(2,3)39-29(38)32-24(15-21-18-34(5)26-13-9-7-11-23(21)26)27(35)31-16-19(28(36)37)14-20-17-33(4)25-12-8-6-10-22(20)25/h6-13,17-19,24H,14-16H2,1-5H3,(H,31,35)(H,32,38)(H,36,37)/t19?,24-/m1/s1. The fourth-order valence-corrected chi connectivity index (χ4v) is 4.91. The maximum atomic E-state index is 13.4. The molecule has 1 unspecified atom stereocenters. The maximum Gasteiger partial charge on any atom is 0.408 e. The van der Waals surface area contributed by atoms with Crippen molar-refractivity contribution >= 4 is 39.8 Å². The molecule has 4 rings (SSSR count). The van der Waals surface area contributed by atoms with E-state index in [0.29, 0.717) is 0 Å². The lowest BCUT2D eigenvalue weighted by atomic mass is 9.98. The largest absolute Gasteiger partial charge is 0.481 e. The molecule has 4 aromatic rings. The third-order valence-corrected chi connectivity index (χ3v) is 6.73. The zero-order valence-electron chi connectivity index (χ0n) is 23.0. The van der Waals surface area contributed by atoms with Crippen LogP contribution in [0.4, 0.5) is 4.79 Å². The van der Waals surface area contributed by atoms with E-state index in [0.717, 1.165) is 32.9 Å². The zero-order valence-corrected chi connectivity index (χ0v) is 23.0. The SMILES string of the molecule is Cn1cc(CC(CNC(=O)[C@@H](Cc2cn(C)c3ccccc23)NC(=O)OC(C)(C)C)C(=O)O)c2ccccc21. The molecule has 0 fully saturated rings. The molecule has 0 aliphatic rings. The van der Waals surface area contributed by atoms with Gasteiger partial charge in [-0.2, -0.15) is 0 Å². The quantitative estimate of drug-likeness (QED) is 0.299. The van der Waals surface area contributed by atoms with Crippen molar-refractivity contribution in [1.29, 1.82) is 0 Å². The molecule has 0 saturated heterocycles. The first-order valence-corrected chi connectivity index (χ1v) is 13.0. The summed E-state index contributed by atoms with van der Waals surface area (Å²) >= 11 is 0. The summed E-state index contributed by atoms with van der Waals surface area (Å²) in [5.41, 5.74) is 3.06. The number of fused-ring (bicyclic) bond motifs is 2. The van der Waals surface area contributed by atoms with Gasteiger partial charge in [-0.3, -0.25) is 9.59 Å². The van der Waals surface area contributed by atoms with Gasteiger partial charge in [0.25, 0.3) is 0 Å². The monoisotopic (exact) mass is 532 g/mol. The lowest BCUT2D eigenvalue weighted by Gasteiger charge is -2.24. The Balaban J connectivity index is 1.52. The second kappa shape index (κ2) is 11.2. The van der Waals surface area contributed by atoms with Crippen LogP contribution < -0.4 is 10.6 Å². The van der Waals surface area contributed by atoms with E-state index >= 15 is 0 Å². The van der Waals surface area contributed by atoms with Gasteiger partial charge >= 0.3 is 12.1 Å². The normalized spacial score (nSPS) is 13.3. The highest BCUT2D eigenvalue weighted by Gasteiger charge is 2.28. The summed E-state index contributed by atoms with van der Waals surface area (Å²) in [6.45, 7) is 5.16. The van der Waals surface area contributed by atoms with Crippen LogP contribution in [0, 0.1) is 5.92 Å². The van der Waals surface area contributed by atoms with Crippen LogP contribution in [0.15, 0.2) is 60.9 Å². The number of hydrogen-bond acceptors (Lipinski definition) is 4. The minimum absolute atomic E-state index is 0.0839. The first-order chi connectivity index (χ1) is 18.4. The molecule has 0 saturated carbocycles. The number of hydrogen-bond donors (Lipinski definition) is 3. The van der Waals surface area contributed by atoms with Crippen molar-refractivity contribution in [3.8, 4) is 0 Å². The van der Waals surface area contributed by atoms with Crippen molar-refractivity contribution in [2.75, 3.05) is 6.54 Å². The topological polar surface area (TPSA) is 115 Å². The summed E-state index contributed by atoms with van der Waals surface area (Å²) in [5.74, 6) is -2.33. The zero-order chi connectivity index (χ0) is 28.3. The average Bonchev–Trinajstić information content (AvgIpc) is 3.36. The van der Waals surface area contributed by atoms with Gasteiger partial charge in [-0.05, 0) is 50.5 Å². The molecule has 9 nitrogen and oxygen atoms in total. The van der Waals surface area contributed by atoms with Gasteiger partial charge in [0.15, 0.2) is 0 Å². The summed E-state index contributed by atoms with van der Waals surface area (Å²) < 4.78 is 9.34. The minimum Gasteiger partial charge on any atom is -0.481 e. The number of alkyl carbamates (subject to hydrolysis) is 1. The number of carboxylic acid groups (broad SMARTS) is 1. The van der Waals surface area contributed by atoms with Crippen molar-refractivity contribution < 1.29 is 24.2 Å². The molecule has 39 heavy (non-hydrogen) atoms. The van der Waals surface area contributed by atoms with Crippen molar-refractivity contribution in [3.63, 3.8) is 0 Å². The van der Waals surface area contributed by atoms with E-state index in [4.69, 9.17) is 4.74 Å². The lowest BCUT2D eigenvalue weighted by molar-refractivity contribution is -0.141. The maximum absolute atomic E-state index is 13.4. The van der Waals surface area contributed by atoms with Gasteiger partial charge in [-0.1, -0.05) is 36.4 Å². The Morgan fingerprint density at radius 2 is 1.38 bits per heavy atom. The number of para-hydroxylation sites is 2. The molecule has 3 N–H and O–H groups in total. The Hall–Kier alpha value is -4.27. The average molecular weight is 533 g/mol. The van der Waals surface area contributed by atoms with E-state index in [1.165, 1.54) is 0 Å². The van der Waals surface area contributed by atoms with Gasteiger partial charge in [0.1, 0.15) is 11.6 Å². The second-order valence-electron chi connectivity index (χ2n) is 11.0. The number of rotatable bonds is 9. The molecule has 2 aromatic carbocycles. The molecular weight excluding hydrogens is 496 g/mol. The number of carboxylic acids is 1. The highest BCUT2D eigenvalue weighted by atomic mass is 16.6. The van der Waals surface area contributed by atoms with Crippen LogP contribution in [0.5, 0.6) is 0 Å². The fourth-order valence-electron chi connectivity index (χ4n) is 4.91. The summed E-state index contributed by atoms with van der Waals surface area (Å²) in [6, 6.07) is 14.7. The number of amides is 2. The predicted molar refractivity (Wildman–Crippen MR) is 151 cm³/mol. The summed E-state index contributed by atoms with van der Waals surface area (Å²) in [7, 11) is 3.84. The predicted octanol–water partition coefficient (Wildman–Crippen LogP) is 4.17. The first kappa shape index (κ1) is 27.8. The molecule has 206 valence electrons. The number of aromatic nitrogens is 2. The number of carbonyl (C=O) groups is 3. The number of ether oxygens (including phenoxy) is 1. The van der Waals surface area contributed by atoms with Gasteiger partial charge in [-0.15, -0.1) is 0 Å². The van der Waals surface area contributed by atoms with Crippen molar-refractivity contribution in [1.82, 2.24) is 19.8 Å². The second-order valence-corrected chi connectivity index (χ2v) is 11.0. The van der Waals surface area contributed by atoms with E-state index in [1.54, 1.807) is 20.8 Å². The third-order valence-electron chi connectivity index (χ3n) is 6.73. The van der Waals surface area contributed by atoms with Crippen LogP contribution in [0.1, 0.15) is 31.9 Å². The van der Waals surface area contributed by atoms with Crippen LogP contribution in [0.2, 0.25) is 0 Å². The van der Waals surface area contributed by atoms with E-state index in [-0.39, 0.29) is 19.4 Å². The van der Waals surface area contributed by atoms with Crippen LogP contribution >= 0.6 is 0 Å². The fraction of sp³-hybridized carbons (Fsp3) is 0.367. The Labute approximate surface area is 227 Å². The van der Waals surface area contributed by atoms with Gasteiger partial charge in [0.05, 0.1) is 5.92 Å². The highest BCUT2D eigenvalue weighted by Crippen LogP contribution is 2.24. The van der Waals surface area contributed by atoms with Gasteiger partial charge < -0.3 is 29.6 Å². The molecule has 0 spiro atoms. The number of nitrogens with one attached hydrogen (secondary N) is 2. The Bertz CT molecular complexity index is 1510. The lowest BCUT2D eigenvalue weighted by Crippen LogP contribution is -2.50. The molecule has 0 bridgehead atoms.